The topological polar surface area (TPSA) is 78.3 Å². The number of hydrogen-bond donors (Lipinski definition) is 3. The van der Waals surface area contributed by atoms with E-state index in [-0.39, 0.29) is 17.0 Å². The predicted molar refractivity (Wildman–Crippen MR) is 72.1 cm³/mol. The zero-order chi connectivity index (χ0) is 13.3. The number of phenolic OH excluding ortho intramolecular Hbond substituents is 2. The minimum atomic E-state index is -0.0895. The van der Waals surface area contributed by atoms with E-state index in [0.29, 0.717) is 15.7 Å². The molecule has 2 aromatic rings. The molecule has 0 spiro atoms. The van der Waals surface area contributed by atoms with E-state index in [1.165, 1.54) is 23.5 Å². The Morgan fingerprint density at radius 2 is 1.89 bits per heavy atom. The van der Waals surface area contributed by atoms with Crippen LogP contribution in [0.4, 0.5) is 5.13 Å². The third kappa shape index (κ3) is 2.89. The highest BCUT2D eigenvalue weighted by molar-refractivity contribution is 7.18. The van der Waals surface area contributed by atoms with E-state index in [2.05, 4.69) is 15.5 Å². The summed E-state index contributed by atoms with van der Waals surface area (Å²) in [6.45, 7) is 6.10. The van der Waals surface area contributed by atoms with Crippen LogP contribution in [0.2, 0.25) is 0 Å². The van der Waals surface area contributed by atoms with Crippen LogP contribution in [0.5, 0.6) is 11.5 Å². The number of nitrogens with one attached hydrogen (secondary N) is 1. The van der Waals surface area contributed by atoms with Gasteiger partial charge in [0, 0.05) is 11.6 Å². The third-order valence-corrected chi connectivity index (χ3v) is 2.99. The van der Waals surface area contributed by atoms with Gasteiger partial charge in [-0.1, -0.05) is 11.3 Å². The van der Waals surface area contributed by atoms with Crippen molar-refractivity contribution in [2.75, 3.05) is 5.32 Å². The van der Waals surface area contributed by atoms with Gasteiger partial charge in [-0.05, 0) is 32.9 Å². The highest BCUT2D eigenvalue weighted by Crippen LogP contribution is 2.35. The molecule has 6 heteroatoms. The largest absolute Gasteiger partial charge is 0.508 e. The first-order chi connectivity index (χ1) is 8.35. The summed E-state index contributed by atoms with van der Waals surface area (Å²) in [6.07, 6.45) is 0. The molecule has 3 N–H and O–H groups in total. The first-order valence-electron chi connectivity index (χ1n) is 5.49. The summed E-state index contributed by atoms with van der Waals surface area (Å²) in [5, 5.41) is 31.6. The maximum absolute atomic E-state index is 9.75. The lowest BCUT2D eigenvalue weighted by Gasteiger charge is -2.18. The lowest BCUT2D eigenvalue weighted by atomic mass is 10.1. The van der Waals surface area contributed by atoms with Crippen molar-refractivity contribution < 1.29 is 10.2 Å². The number of nitrogens with zero attached hydrogens (tertiary/aromatic N) is 2. The van der Waals surface area contributed by atoms with Gasteiger partial charge in [0.05, 0.1) is 5.56 Å². The average Bonchev–Trinajstić information content (AvgIpc) is 2.63. The molecule has 0 radical (unpaired) electrons. The molecule has 2 rings (SSSR count). The summed E-state index contributed by atoms with van der Waals surface area (Å²) in [5.41, 5.74) is 0.473. The zero-order valence-corrected chi connectivity index (χ0v) is 11.2. The van der Waals surface area contributed by atoms with Gasteiger partial charge in [-0.2, -0.15) is 0 Å². The summed E-state index contributed by atoms with van der Waals surface area (Å²) in [7, 11) is 0. The summed E-state index contributed by atoms with van der Waals surface area (Å²) >= 11 is 1.36. The molecule has 0 saturated carbocycles. The van der Waals surface area contributed by atoms with E-state index in [0.717, 1.165) is 0 Å². The first kappa shape index (κ1) is 12.6. The summed E-state index contributed by atoms with van der Waals surface area (Å²) in [4.78, 5) is 0. The molecule has 96 valence electrons. The van der Waals surface area contributed by atoms with Crippen LogP contribution < -0.4 is 5.32 Å². The number of anilines is 1. The van der Waals surface area contributed by atoms with E-state index < -0.39 is 0 Å². The molecule has 0 atom stereocenters. The van der Waals surface area contributed by atoms with Crippen molar-refractivity contribution in [2.24, 2.45) is 0 Å². The van der Waals surface area contributed by atoms with Crippen LogP contribution >= 0.6 is 11.3 Å². The maximum Gasteiger partial charge on any atom is 0.206 e. The number of rotatable bonds is 2. The van der Waals surface area contributed by atoms with Crippen LogP contribution in [0.15, 0.2) is 18.2 Å². The van der Waals surface area contributed by atoms with Crippen molar-refractivity contribution in [1.29, 1.82) is 0 Å². The van der Waals surface area contributed by atoms with Crippen molar-refractivity contribution in [1.82, 2.24) is 10.2 Å². The fourth-order valence-electron chi connectivity index (χ4n) is 1.40. The number of phenols is 2. The minimum absolute atomic E-state index is 0.00606. The quantitative estimate of drug-likeness (QED) is 0.778. The molecule has 0 bridgehead atoms. The Kier molecular flexibility index (Phi) is 3.13. The number of aromatic hydroxyl groups is 2. The highest BCUT2D eigenvalue weighted by Gasteiger charge is 2.15. The van der Waals surface area contributed by atoms with Gasteiger partial charge in [0.1, 0.15) is 11.5 Å². The second kappa shape index (κ2) is 4.45. The first-order valence-corrected chi connectivity index (χ1v) is 6.31. The van der Waals surface area contributed by atoms with Crippen molar-refractivity contribution in [3.8, 4) is 22.1 Å². The van der Waals surface area contributed by atoms with Crippen LogP contribution in [0, 0.1) is 0 Å². The SMILES string of the molecule is CC(C)(C)Nc1nnc(-c2ccc(O)cc2O)s1. The van der Waals surface area contributed by atoms with Gasteiger partial charge in [0.25, 0.3) is 0 Å². The molecular weight excluding hydrogens is 250 g/mol. The molecule has 1 aromatic heterocycles. The Hall–Kier alpha value is -1.82. The second-order valence-corrected chi connectivity index (χ2v) is 5.97. The highest BCUT2D eigenvalue weighted by atomic mass is 32.1. The predicted octanol–water partition coefficient (Wildman–Crippen LogP) is 2.83. The smallest absolute Gasteiger partial charge is 0.206 e. The molecule has 0 amide bonds. The van der Waals surface area contributed by atoms with Crippen LogP contribution in [0.3, 0.4) is 0 Å². The Bertz CT molecular complexity index is 561. The molecule has 0 aliphatic carbocycles. The summed E-state index contributed by atoms with van der Waals surface area (Å²) < 4.78 is 0. The molecule has 0 aliphatic rings. The number of benzene rings is 1. The molecule has 5 nitrogen and oxygen atoms in total. The average molecular weight is 265 g/mol. The lowest BCUT2D eigenvalue weighted by Crippen LogP contribution is -2.25. The Labute approximate surface area is 109 Å². The summed E-state index contributed by atoms with van der Waals surface area (Å²) in [5.74, 6) is 0.0160. The monoisotopic (exact) mass is 265 g/mol. The molecule has 1 aromatic carbocycles. The van der Waals surface area contributed by atoms with Crippen LogP contribution in [0.25, 0.3) is 10.6 Å². The zero-order valence-electron chi connectivity index (χ0n) is 10.4. The summed E-state index contributed by atoms with van der Waals surface area (Å²) in [6, 6.07) is 4.41. The van der Waals surface area contributed by atoms with Gasteiger partial charge in [-0.3, -0.25) is 0 Å². The number of aromatic nitrogens is 2. The van der Waals surface area contributed by atoms with E-state index >= 15 is 0 Å². The second-order valence-electron chi connectivity index (χ2n) is 4.99. The molecule has 0 aliphatic heterocycles. The molecule has 1 heterocycles. The van der Waals surface area contributed by atoms with Crippen molar-refractivity contribution >= 4 is 16.5 Å². The Morgan fingerprint density at radius 1 is 1.17 bits per heavy atom. The van der Waals surface area contributed by atoms with Gasteiger partial charge < -0.3 is 15.5 Å². The van der Waals surface area contributed by atoms with E-state index in [4.69, 9.17) is 0 Å². The van der Waals surface area contributed by atoms with E-state index in [1.807, 2.05) is 20.8 Å². The fraction of sp³-hybridized carbons (Fsp3) is 0.333. The van der Waals surface area contributed by atoms with Crippen molar-refractivity contribution in [3.63, 3.8) is 0 Å². The van der Waals surface area contributed by atoms with Gasteiger partial charge in [-0.25, -0.2) is 0 Å². The molecular formula is C12H15N3O2S. The van der Waals surface area contributed by atoms with Gasteiger partial charge in [0.2, 0.25) is 5.13 Å². The molecule has 18 heavy (non-hydrogen) atoms. The van der Waals surface area contributed by atoms with E-state index in [9.17, 15) is 10.2 Å². The standard InChI is InChI=1S/C12H15N3O2S/c1-12(2,3)13-11-15-14-10(18-11)8-5-4-7(16)6-9(8)17/h4-6,16-17H,1-3H3,(H,13,15). The van der Waals surface area contributed by atoms with Crippen LogP contribution in [-0.2, 0) is 0 Å². The van der Waals surface area contributed by atoms with Gasteiger partial charge in [-0.15, -0.1) is 10.2 Å². The lowest BCUT2D eigenvalue weighted by molar-refractivity contribution is 0.452. The molecule has 0 saturated heterocycles. The van der Waals surface area contributed by atoms with Crippen LogP contribution in [0.1, 0.15) is 20.8 Å². The van der Waals surface area contributed by atoms with Crippen LogP contribution in [-0.4, -0.2) is 25.9 Å². The third-order valence-electron chi connectivity index (χ3n) is 2.12. The maximum atomic E-state index is 9.75. The van der Waals surface area contributed by atoms with Gasteiger partial charge >= 0.3 is 0 Å². The minimum Gasteiger partial charge on any atom is -0.508 e. The van der Waals surface area contributed by atoms with Crippen molar-refractivity contribution in [3.05, 3.63) is 18.2 Å². The molecule has 0 fully saturated rings. The van der Waals surface area contributed by atoms with Gasteiger partial charge in [0.15, 0.2) is 5.01 Å². The Morgan fingerprint density at radius 3 is 2.50 bits per heavy atom. The Balaban J connectivity index is 2.29. The number of hydrogen-bond acceptors (Lipinski definition) is 6. The van der Waals surface area contributed by atoms with Crippen molar-refractivity contribution in [2.45, 2.75) is 26.3 Å². The normalized spacial score (nSPS) is 11.5. The fourth-order valence-corrected chi connectivity index (χ4v) is 2.39. The van der Waals surface area contributed by atoms with E-state index in [1.54, 1.807) is 6.07 Å². The molecule has 0 unspecified atom stereocenters.